The molecule has 0 bridgehead atoms. The molecule has 0 heterocycles. The smallest absolute Gasteiger partial charge is 0.0611 e. The Morgan fingerprint density at radius 2 is 1.78 bits per heavy atom. The Labute approximate surface area is 114 Å². The van der Waals surface area contributed by atoms with Gasteiger partial charge in [-0.15, -0.1) is 0 Å². The van der Waals surface area contributed by atoms with Gasteiger partial charge in [0, 0.05) is 18.1 Å². The molecule has 0 aliphatic rings. The van der Waals surface area contributed by atoms with Crippen LogP contribution in [0.15, 0.2) is 0 Å². The number of hydrogen-bond acceptors (Lipinski definition) is 3. The van der Waals surface area contributed by atoms with Gasteiger partial charge < -0.3 is 15.3 Å². The normalized spacial score (nSPS) is 17.2. The van der Waals surface area contributed by atoms with Crippen molar-refractivity contribution in [3.63, 3.8) is 0 Å². The van der Waals surface area contributed by atoms with Gasteiger partial charge in [0.2, 0.25) is 0 Å². The van der Waals surface area contributed by atoms with Crippen LogP contribution in [0.5, 0.6) is 0 Å². The third kappa shape index (κ3) is 5.68. The highest BCUT2D eigenvalue weighted by atomic mass is 16.3. The van der Waals surface area contributed by atoms with Gasteiger partial charge in [0.05, 0.1) is 6.61 Å². The second kappa shape index (κ2) is 8.89. The Kier molecular flexibility index (Phi) is 8.83. The van der Waals surface area contributed by atoms with E-state index in [1.807, 2.05) is 7.05 Å². The fourth-order valence-corrected chi connectivity index (χ4v) is 2.53. The van der Waals surface area contributed by atoms with E-state index in [0.29, 0.717) is 6.04 Å². The van der Waals surface area contributed by atoms with Crippen molar-refractivity contribution < 1.29 is 5.11 Å². The molecule has 3 nitrogen and oxygen atoms in total. The zero-order chi connectivity index (χ0) is 14.2. The third-order valence-electron chi connectivity index (χ3n) is 4.38. The molecular formula is C15H34N2O. The van der Waals surface area contributed by atoms with E-state index in [-0.39, 0.29) is 12.1 Å². The molecule has 0 saturated heterocycles. The molecule has 0 rings (SSSR count). The Hall–Kier alpha value is -0.120. The van der Waals surface area contributed by atoms with Gasteiger partial charge in [-0.3, -0.25) is 0 Å². The standard InChI is InChI=1S/C15H34N2O/c1-7-14(8-2)11-17(9-3)13(4)10-15(5,12-18)16-6/h13-14,16,18H,7-12H2,1-6H3. The van der Waals surface area contributed by atoms with Crippen LogP contribution in [-0.2, 0) is 0 Å². The first kappa shape index (κ1) is 17.9. The molecule has 0 aromatic carbocycles. The minimum absolute atomic E-state index is 0.166. The second-order valence-corrected chi connectivity index (χ2v) is 5.79. The quantitative estimate of drug-likeness (QED) is 0.632. The summed E-state index contributed by atoms with van der Waals surface area (Å²) in [7, 11) is 1.93. The van der Waals surface area contributed by atoms with E-state index in [1.165, 1.54) is 19.4 Å². The average Bonchev–Trinajstić information content (AvgIpc) is 2.39. The summed E-state index contributed by atoms with van der Waals surface area (Å²) in [6.45, 7) is 13.6. The summed E-state index contributed by atoms with van der Waals surface area (Å²) >= 11 is 0. The summed E-state index contributed by atoms with van der Waals surface area (Å²) in [5.41, 5.74) is -0.166. The molecule has 0 amide bonds. The lowest BCUT2D eigenvalue weighted by Gasteiger charge is -2.37. The average molecular weight is 258 g/mol. The predicted molar refractivity (Wildman–Crippen MR) is 79.9 cm³/mol. The van der Waals surface area contributed by atoms with Crippen molar-refractivity contribution >= 4 is 0 Å². The Morgan fingerprint density at radius 3 is 2.11 bits per heavy atom. The van der Waals surface area contributed by atoms with Gasteiger partial charge in [0.25, 0.3) is 0 Å². The van der Waals surface area contributed by atoms with Crippen molar-refractivity contribution in [1.29, 1.82) is 0 Å². The molecule has 0 spiro atoms. The molecule has 0 aromatic heterocycles. The van der Waals surface area contributed by atoms with Gasteiger partial charge in [-0.05, 0) is 39.8 Å². The summed E-state index contributed by atoms with van der Waals surface area (Å²) in [6.07, 6.45) is 3.49. The van der Waals surface area contributed by atoms with Gasteiger partial charge in [0.15, 0.2) is 0 Å². The number of hydrogen-bond donors (Lipinski definition) is 2. The van der Waals surface area contributed by atoms with E-state index in [0.717, 1.165) is 18.9 Å². The molecule has 18 heavy (non-hydrogen) atoms. The zero-order valence-electron chi connectivity index (χ0n) is 13.3. The molecule has 0 aliphatic carbocycles. The Morgan fingerprint density at radius 1 is 1.22 bits per heavy atom. The SMILES string of the molecule is CCC(CC)CN(CC)C(C)CC(C)(CO)NC. The van der Waals surface area contributed by atoms with Gasteiger partial charge in [-0.2, -0.15) is 0 Å². The number of likely N-dealkylation sites (N-methyl/N-ethyl adjacent to an activating group) is 1. The molecule has 2 unspecified atom stereocenters. The lowest BCUT2D eigenvalue weighted by Crippen LogP contribution is -2.49. The Balaban J connectivity index is 4.46. The van der Waals surface area contributed by atoms with Crippen molar-refractivity contribution in [1.82, 2.24) is 10.2 Å². The highest BCUT2D eigenvalue weighted by molar-refractivity contribution is 4.86. The molecule has 0 radical (unpaired) electrons. The van der Waals surface area contributed by atoms with E-state index in [1.54, 1.807) is 0 Å². The van der Waals surface area contributed by atoms with Crippen molar-refractivity contribution in [3.05, 3.63) is 0 Å². The summed E-state index contributed by atoms with van der Waals surface area (Å²) < 4.78 is 0. The highest BCUT2D eigenvalue weighted by Crippen LogP contribution is 2.18. The van der Waals surface area contributed by atoms with Crippen LogP contribution < -0.4 is 5.32 Å². The van der Waals surface area contributed by atoms with Gasteiger partial charge in [0.1, 0.15) is 0 Å². The first-order valence-electron chi connectivity index (χ1n) is 7.50. The van der Waals surface area contributed by atoms with Gasteiger partial charge in [-0.25, -0.2) is 0 Å². The fraction of sp³-hybridized carbons (Fsp3) is 1.00. The third-order valence-corrected chi connectivity index (χ3v) is 4.38. The van der Waals surface area contributed by atoms with E-state index in [2.05, 4.69) is 44.8 Å². The Bertz CT molecular complexity index is 201. The fourth-order valence-electron chi connectivity index (χ4n) is 2.53. The minimum atomic E-state index is -0.166. The van der Waals surface area contributed by atoms with Crippen LogP contribution in [0.25, 0.3) is 0 Å². The minimum Gasteiger partial charge on any atom is -0.394 e. The van der Waals surface area contributed by atoms with E-state index < -0.39 is 0 Å². The summed E-state index contributed by atoms with van der Waals surface area (Å²) in [5.74, 6) is 0.794. The molecule has 110 valence electrons. The first-order valence-corrected chi connectivity index (χ1v) is 7.50. The maximum Gasteiger partial charge on any atom is 0.0611 e. The molecule has 3 heteroatoms. The molecular weight excluding hydrogens is 224 g/mol. The van der Waals surface area contributed by atoms with Crippen molar-refractivity contribution in [2.75, 3.05) is 26.7 Å². The number of nitrogens with one attached hydrogen (secondary N) is 1. The molecule has 0 saturated carbocycles. The van der Waals surface area contributed by atoms with Crippen LogP contribution in [0, 0.1) is 5.92 Å². The van der Waals surface area contributed by atoms with E-state index >= 15 is 0 Å². The highest BCUT2D eigenvalue weighted by Gasteiger charge is 2.26. The number of nitrogens with zero attached hydrogens (tertiary/aromatic N) is 1. The molecule has 0 aliphatic heterocycles. The number of aliphatic hydroxyl groups excluding tert-OH is 1. The number of aliphatic hydroxyl groups is 1. The summed E-state index contributed by atoms with van der Waals surface area (Å²) in [5, 5.41) is 12.7. The molecule has 2 N–H and O–H groups in total. The lowest BCUT2D eigenvalue weighted by atomic mass is 9.93. The van der Waals surface area contributed by atoms with Crippen LogP contribution in [-0.4, -0.2) is 48.3 Å². The molecule has 0 aromatic rings. The second-order valence-electron chi connectivity index (χ2n) is 5.79. The van der Waals surface area contributed by atoms with Gasteiger partial charge in [-0.1, -0.05) is 33.6 Å². The number of rotatable bonds is 10. The summed E-state index contributed by atoms with van der Waals surface area (Å²) in [4.78, 5) is 2.54. The topological polar surface area (TPSA) is 35.5 Å². The lowest BCUT2D eigenvalue weighted by molar-refractivity contribution is 0.111. The monoisotopic (exact) mass is 258 g/mol. The molecule has 2 atom stereocenters. The van der Waals surface area contributed by atoms with Crippen LogP contribution in [0.4, 0.5) is 0 Å². The maximum atomic E-state index is 9.48. The van der Waals surface area contributed by atoms with Crippen LogP contribution in [0.1, 0.15) is 53.9 Å². The first-order chi connectivity index (χ1) is 8.46. The maximum absolute atomic E-state index is 9.48. The zero-order valence-corrected chi connectivity index (χ0v) is 13.3. The van der Waals surface area contributed by atoms with Crippen LogP contribution >= 0.6 is 0 Å². The van der Waals surface area contributed by atoms with Crippen LogP contribution in [0.3, 0.4) is 0 Å². The van der Waals surface area contributed by atoms with E-state index in [9.17, 15) is 5.11 Å². The predicted octanol–water partition coefficient (Wildman–Crippen LogP) is 2.49. The largest absolute Gasteiger partial charge is 0.394 e. The van der Waals surface area contributed by atoms with Crippen molar-refractivity contribution in [2.24, 2.45) is 5.92 Å². The summed E-state index contributed by atoms with van der Waals surface area (Å²) in [6, 6.07) is 0.500. The van der Waals surface area contributed by atoms with E-state index in [4.69, 9.17) is 0 Å². The molecule has 0 fully saturated rings. The van der Waals surface area contributed by atoms with Crippen LogP contribution in [0.2, 0.25) is 0 Å². The van der Waals surface area contributed by atoms with Crippen molar-refractivity contribution in [2.45, 2.75) is 65.5 Å². The van der Waals surface area contributed by atoms with Gasteiger partial charge >= 0.3 is 0 Å². The van der Waals surface area contributed by atoms with Crippen molar-refractivity contribution in [3.8, 4) is 0 Å².